The van der Waals surface area contributed by atoms with Crippen LogP contribution in [0.5, 0.6) is 5.75 Å². The smallest absolute Gasteiger partial charge is 0.151 e. The molecule has 0 bridgehead atoms. The van der Waals surface area contributed by atoms with Gasteiger partial charge in [0.15, 0.2) is 5.01 Å². The van der Waals surface area contributed by atoms with Gasteiger partial charge in [0.2, 0.25) is 0 Å². The number of nitrogens with one attached hydrogen (secondary N) is 1. The maximum atomic E-state index is 5.39. The van der Waals surface area contributed by atoms with Crippen molar-refractivity contribution in [1.29, 1.82) is 0 Å². The van der Waals surface area contributed by atoms with Crippen molar-refractivity contribution in [3.8, 4) is 16.3 Å². The van der Waals surface area contributed by atoms with E-state index in [0.717, 1.165) is 32.3 Å². The number of methoxy groups -OCH3 is 1. The maximum absolute atomic E-state index is 5.39. The zero-order valence-corrected chi connectivity index (χ0v) is 13.5. The van der Waals surface area contributed by atoms with Crippen molar-refractivity contribution in [3.63, 3.8) is 0 Å². The van der Waals surface area contributed by atoms with Gasteiger partial charge in [-0.3, -0.25) is 0 Å². The van der Waals surface area contributed by atoms with Gasteiger partial charge in [-0.05, 0) is 31.7 Å². The molecule has 1 atom stereocenters. The lowest BCUT2D eigenvalue weighted by atomic mass is 10.2. The monoisotopic (exact) mass is 341 g/mol. The highest BCUT2D eigenvalue weighted by atomic mass is 79.9. The molecule has 0 spiro atoms. The first-order valence-corrected chi connectivity index (χ1v) is 7.67. The third kappa shape index (κ3) is 3.32. The van der Waals surface area contributed by atoms with Crippen molar-refractivity contribution in [2.75, 3.05) is 13.7 Å². The predicted octanol–water partition coefficient (Wildman–Crippen LogP) is 3.65. The number of nitrogens with zero attached hydrogens (tertiary/aromatic N) is 2. The fourth-order valence-electron chi connectivity index (χ4n) is 1.75. The largest absolute Gasteiger partial charge is 0.496 e. The van der Waals surface area contributed by atoms with Gasteiger partial charge >= 0.3 is 0 Å². The molecule has 0 aliphatic rings. The van der Waals surface area contributed by atoms with Gasteiger partial charge in [-0.1, -0.05) is 34.2 Å². The molecule has 1 aromatic carbocycles. The normalized spacial score (nSPS) is 12.4. The number of hydrogen-bond donors (Lipinski definition) is 1. The summed E-state index contributed by atoms with van der Waals surface area (Å²) in [4.78, 5) is 0. The number of ether oxygens (including phenoxy) is 1. The fraction of sp³-hybridized carbons (Fsp3) is 0.385. The second-order valence-corrected chi connectivity index (χ2v) is 5.99. The Morgan fingerprint density at radius 3 is 2.89 bits per heavy atom. The zero-order valence-electron chi connectivity index (χ0n) is 11.1. The highest BCUT2D eigenvalue weighted by Gasteiger charge is 2.15. The molecular formula is C13H16BrN3OS. The van der Waals surface area contributed by atoms with E-state index in [1.165, 1.54) is 0 Å². The van der Waals surface area contributed by atoms with Crippen molar-refractivity contribution in [3.05, 3.63) is 27.7 Å². The van der Waals surface area contributed by atoms with E-state index in [0.29, 0.717) is 0 Å². The molecule has 19 heavy (non-hydrogen) atoms. The Hall–Kier alpha value is -0.980. The van der Waals surface area contributed by atoms with Crippen LogP contribution in [-0.4, -0.2) is 23.9 Å². The van der Waals surface area contributed by atoms with Crippen molar-refractivity contribution < 1.29 is 4.74 Å². The maximum Gasteiger partial charge on any atom is 0.151 e. The summed E-state index contributed by atoms with van der Waals surface area (Å²) < 4.78 is 6.38. The van der Waals surface area contributed by atoms with Crippen LogP contribution in [0.2, 0.25) is 0 Å². The second kappa shape index (κ2) is 6.45. The van der Waals surface area contributed by atoms with E-state index in [4.69, 9.17) is 4.74 Å². The molecule has 2 aromatic rings. The van der Waals surface area contributed by atoms with Crippen LogP contribution in [-0.2, 0) is 0 Å². The van der Waals surface area contributed by atoms with Gasteiger partial charge in [0.25, 0.3) is 0 Å². The van der Waals surface area contributed by atoms with Gasteiger partial charge in [-0.2, -0.15) is 0 Å². The van der Waals surface area contributed by atoms with E-state index in [1.54, 1.807) is 18.4 Å². The number of benzene rings is 1. The molecular weight excluding hydrogens is 326 g/mol. The fourth-order valence-corrected chi connectivity index (χ4v) is 2.99. The number of rotatable bonds is 5. The van der Waals surface area contributed by atoms with Crippen LogP contribution < -0.4 is 10.1 Å². The average Bonchev–Trinajstić information content (AvgIpc) is 2.88. The number of halogens is 1. The topological polar surface area (TPSA) is 47.0 Å². The van der Waals surface area contributed by atoms with E-state index in [1.807, 2.05) is 18.2 Å². The molecule has 0 radical (unpaired) electrons. The first kappa shape index (κ1) is 14.4. The minimum atomic E-state index is 0.220. The molecule has 0 fully saturated rings. The van der Waals surface area contributed by atoms with E-state index in [-0.39, 0.29) is 6.04 Å². The van der Waals surface area contributed by atoms with Crippen molar-refractivity contribution in [2.24, 2.45) is 0 Å². The Bertz CT molecular complexity index is 559. The molecule has 2 rings (SSSR count). The predicted molar refractivity (Wildman–Crippen MR) is 81.7 cm³/mol. The van der Waals surface area contributed by atoms with Crippen LogP contribution in [0.1, 0.15) is 24.9 Å². The van der Waals surface area contributed by atoms with Crippen LogP contribution in [0.25, 0.3) is 10.6 Å². The van der Waals surface area contributed by atoms with Crippen LogP contribution in [0.15, 0.2) is 22.7 Å². The average molecular weight is 342 g/mol. The van der Waals surface area contributed by atoms with Crippen LogP contribution in [0, 0.1) is 0 Å². The summed E-state index contributed by atoms with van der Waals surface area (Å²) in [7, 11) is 1.66. The Morgan fingerprint density at radius 2 is 2.21 bits per heavy atom. The van der Waals surface area contributed by atoms with E-state index in [9.17, 15) is 0 Å². The quantitative estimate of drug-likeness (QED) is 0.901. The van der Waals surface area contributed by atoms with Crippen LogP contribution in [0.4, 0.5) is 0 Å². The molecule has 4 nitrogen and oxygen atoms in total. The Kier molecular flexibility index (Phi) is 4.90. The summed E-state index contributed by atoms with van der Waals surface area (Å²) in [5.74, 6) is 0.799. The lowest BCUT2D eigenvalue weighted by molar-refractivity contribution is 0.416. The molecule has 1 unspecified atom stereocenters. The molecule has 0 amide bonds. The molecule has 0 saturated heterocycles. The minimum Gasteiger partial charge on any atom is -0.496 e. The molecule has 1 N–H and O–H groups in total. The van der Waals surface area contributed by atoms with E-state index < -0.39 is 0 Å². The minimum absolute atomic E-state index is 0.220. The SMILES string of the molecule is CCNC(C)c1nnc(-c2ccc(Br)cc2OC)s1. The highest BCUT2D eigenvalue weighted by molar-refractivity contribution is 9.10. The van der Waals surface area contributed by atoms with E-state index in [2.05, 4.69) is 45.3 Å². The van der Waals surface area contributed by atoms with Gasteiger partial charge in [-0.15, -0.1) is 10.2 Å². The summed E-state index contributed by atoms with van der Waals surface area (Å²) >= 11 is 5.03. The Labute approximate surface area is 125 Å². The van der Waals surface area contributed by atoms with Gasteiger partial charge in [-0.25, -0.2) is 0 Å². The van der Waals surface area contributed by atoms with Gasteiger partial charge in [0.05, 0.1) is 18.7 Å². The Balaban J connectivity index is 2.32. The van der Waals surface area contributed by atoms with Crippen molar-refractivity contribution >= 4 is 27.3 Å². The number of hydrogen-bond acceptors (Lipinski definition) is 5. The summed E-state index contributed by atoms with van der Waals surface area (Å²) in [6.45, 7) is 5.08. The van der Waals surface area contributed by atoms with E-state index >= 15 is 0 Å². The lowest BCUT2D eigenvalue weighted by Gasteiger charge is -2.07. The summed E-state index contributed by atoms with van der Waals surface area (Å²) in [5.41, 5.74) is 0.971. The first-order valence-electron chi connectivity index (χ1n) is 6.06. The standard InChI is InChI=1S/C13H16BrN3OS/c1-4-15-8(2)12-16-17-13(19-12)10-6-5-9(14)7-11(10)18-3/h5-8,15H,4H2,1-3H3. The van der Waals surface area contributed by atoms with Crippen molar-refractivity contribution in [2.45, 2.75) is 19.9 Å². The first-order chi connectivity index (χ1) is 9.15. The molecule has 102 valence electrons. The van der Waals surface area contributed by atoms with Gasteiger partial charge < -0.3 is 10.1 Å². The molecule has 6 heteroatoms. The summed E-state index contributed by atoms with van der Waals surface area (Å²) in [6.07, 6.45) is 0. The van der Waals surface area contributed by atoms with Crippen LogP contribution >= 0.6 is 27.3 Å². The van der Waals surface area contributed by atoms with Gasteiger partial charge in [0, 0.05) is 4.47 Å². The number of aromatic nitrogens is 2. The van der Waals surface area contributed by atoms with Crippen LogP contribution in [0.3, 0.4) is 0 Å². The molecule has 0 saturated carbocycles. The third-order valence-corrected chi connectivity index (χ3v) is 4.35. The highest BCUT2D eigenvalue weighted by Crippen LogP contribution is 2.35. The third-order valence-electron chi connectivity index (χ3n) is 2.72. The molecule has 1 aromatic heterocycles. The molecule has 0 aliphatic carbocycles. The van der Waals surface area contributed by atoms with Gasteiger partial charge in [0.1, 0.15) is 10.8 Å². The molecule has 0 aliphatic heterocycles. The second-order valence-electron chi connectivity index (χ2n) is 4.07. The summed E-state index contributed by atoms with van der Waals surface area (Å²) in [5, 5.41) is 13.7. The zero-order chi connectivity index (χ0) is 13.8. The molecule has 1 heterocycles. The Morgan fingerprint density at radius 1 is 1.42 bits per heavy atom. The van der Waals surface area contributed by atoms with Crippen molar-refractivity contribution in [1.82, 2.24) is 15.5 Å². The summed E-state index contributed by atoms with van der Waals surface area (Å²) in [6, 6.07) is 6.12. The lowest BCUT2D eigenvalue weighted by Crippen LogP contribution is -2.17.